The molecule has 1 aromatic rings. The molecule has 1 rings (SSSR count). The van der Waals surface area contributed by atoms with Gasteiger partial charge in [-0.05, 0) is 18.1 Å². The maximum atomic E-state index is 12.1. The molecule has 1 atom stereocenters. The van der Waals surface area contributed by atoms with E-state index in [1.807, 2.05) is 0 Å². The van der Waals surface area contributed by atoms with Gasteiger partial charge in [-0.25, -0.2) is 0 Å². The van der Waals surface area contributed by atoms with Gasteiger partial charge in [0.05, 0.1) is 11.6 Å². The first-order valence-electron chi connectivity index (χ1n) is 4.31. The lowest BCUT2D eigenvalue weighted by Gasteiger charge is -2.11. The van der Waals surface area contributed by atoms with E-state index in [0.29, 0.717) is 10.6 Å². The fourth-order valence-corrected chi connectivity index (χ4v) is 1.46. The summed E-state index contributed by atoms with van der Waals surface area (Å²) in [6, 6.07) is 3.35. The highest BCUT2D eigenvalue weighted by molar-refractivity contribution is 6.31. The molecule has 0 aliphatic carbocycles. The third-order valence-electron chi connectivity index (χ3n) is 2.01. The maximum absolute atomic E-state index is 12.1. The Balaban J connectivity index is 0.00000225. The fraction of sp³-hybridized carbons (Fsp3) is 0.333. The van der Waals surface area contributed by atoms with Crippen LogP contribution in [0.5, 0.6) is 0 Å². The molecule has 7 heteroatoms. The molecule has 90 valence electrons. The molecule has 1 aromatic carbocycles. The van der Waals surface area contributed by atoms with E-state index in [4.69, 9.17) is 17.3 Å². The van der Waals surface area contributed by atoms with Crippen LogP contribution < -0.4 is 5.73 Å². The minimum absolute atomic E-state index is 0. The number of alkyl halides is 1. The molecule has 4 nitrogen and oxygen atoms in total. The highest BCUT2D eigenvalue weighted by atomic mass is 35.5. The fourth-order valence-electron chi connectivity index (χ4n) is 1.20. The van der Waals surface area contributed by atoms with Crippen molar-refractivity contribution in [2.75, 3.05) is 6.67 Å². The minimum Gasteiger partial charge on any atom is -0.324 e. The predicted molar refractivity (Wildman–Crippen MR) is 62.9 cm³/mol. The highest BCUT2D eigenvalue weighted by Gasteiger charge is 2.14. The summed E-state index contributed by atoms with van der Waals surface area (Å²) in [5.74, 6) is 0. The average molecular weight is 269 g/mol. The molecule has 0 bridgehead atoms. The number of nitro benzene ring substituents is 1. The molecule has 0 radical (unpaired) electrons. The minimum atomic E-state index is -0.609. The van der Waals surface area contributed by atoms with Crippen molar-refractivity contribution >= 4 is 29.7 Å². The first-order valence-corrected chi connectivity index (χ1v) is 4.69. The molecule has 0 amide bonds. The van der Waals surface area contributed by atoms with Crippen molar-refractivity contribution in [3.63, 3.8) is 0 Å². The van der Waals surface area contributed by atoms with E-state index in [-0.39, 0.29) is 24.5 Å². The molecule has 0 aliphatic rings. The second-order valence-corrected chi connectivity index (χ2v) is 3.45. The predicted octanol–water partition coefficient (Wildman–Crippen LogP) is 3.03. The third kappa shape index (κ3) is 3.59. The molecule has 0 saturated heterocycles. The smallest absolute Gasteiger partial charge is 0.269 e. The molecule has 0 spiro atoms. The summed E-state index contributed by atoms with van der Waals surface area (Å²) >= 11 is 5.81. The highest BCUT2D eigenvalue weighted by Crippen LogP contribution is 2.27. The zero-order valence-electron chi connectivity index (χ0n) is 8.23. The van der Waals surface area contributed by atoms with Gasteiger partial charge in [0.15, 0.2) is 0 Å². The van der Waals surface area contributed by atoms with E-state index < -0.39 is 17.6 Å². The van der Waals surface area contributed by atoms with Crippen LogP contribution in [-0.2, 0) is 0 Å². The molecular weight excluding hydrogens is 258 g/mol. The number of rotatable bonds is 4. The number of halogens is 3. The Kier molecular flexibility index (Phi) is 6.25. The summed E-state index contributed by atoms with van der Waals surface area (Å²) in [7, 11) is 0. The molecule has 0 aliphatic heterocycles. The van der Waals surface area contributed by atoms with E-state index in [1.54, 1.807) is 0 Å². The summed E-state index contributed by atoms with van der Waals surface area (Å²) < 4.78 is 12.1. The van der Waals surface area contributed by atoms with Crippen molar-refractivity contribution in [3.8, 4) is 0 Å². The van der Waals surface area contributed by atoms with Crippen LogP contribution in [0.4, 0.5) is 10.1 Å². The van der Waals surface area contributed by atoms with Crippen LogP contribution in [0.25, 0.3) is 0 Å². The normalized spacial score (nSPS) is 11.7. The molecule has 0 saturated carbocycles. The lowest BCUT2D eigenvalue weighted by atomic mass is 10.0. The third-order valence-corrected chi connectivity index (χ3v) is 2.35. The van der Waals surface area contributed by atoms with E-state index in [0.717, 1.165) is 0 Å². The van der Waals surface area contributed by atoms with Gasteiger partial charge in [-0.1, -0.05) is 11.6 Å². The number of nitrogens with zero attached hydrogens (tertiary/aromatic N) is 1. The van der Waals surface area contributed by atoms with Crippen molar-refractivity contribution in [2.24, 2.45) is 5.73 Å². The van der Waals surface area contributed by atoms with Crippen molar-refractivity contribution in [1.82, 2.24) is 0 Å². The number of nitro groups is 1. The van der Waals surface area contributed by atoms with Crippen molar-refractivity contribution in [1.29, 1.82) is 0 Å². The van der Waals surface area contributed by atoms with Crippen molar-refractivity contribution < 1.29 is 9.31 Å². The maximum Gasteiger partial charge on any atom is 0.269 e. The first kappa shape index (κ1) is 15.1. The largest absolute Gasteiger partial charge is 0.324 e. The average Bonchev–Trinajstić information content (AvgIpc) is 2.18. The summed E-state index contributed by atoms with van der Waals surface area (Å²) in [6.45, 7) is -0.583. The molecule has 0 fully saturated rings. The van der Waals surface area contributed by atoms with E-state index >= 15 is 0 Å². The van der Waals surface area contributed by atoms with Gasteiger partial charge in [-0.3, -0.25) is 14.5 Å². The van der Waals surface area contributed by atoms with Gasteiger partial charge in [-0.2, -0.15) is 0 Å². The SMILES string of the molecule is Cl.N[C@H](CCF)c1cc([N+](=O)[O-])ccc1Cl. The lowest BCUT2D eigenvalue weighted by molar-refractivity contribution is -0.384. The summed E-state index contributed by atoms with van der Waals surface area (Å²) in [5.41, 5.74) is 5.94. The van der Waals surface area contributed by atoms with Gasteiger partial charge in [0.25, 0.3) is 5.69 Å². The zero-order chi connectivity index (χ0) is 11.4. The molecule has 2 N–H and O–H groups in total. The van der Waals surface area contributed by atoms with Crippen LogP contribution in [-0.4, -0.2) is 11.6 Å². The summed E-state index contributed by atoms with van der Waals surface area (Å²) in [4.78, 5) is 9.95. The number of non-ortho nitro benzene ring substituents is 1. The molecular formula is C9H11Cl2FN2O2. The summed E-state index contributed by atoms with van der Waals surface area (Å²) in [5, 5.41) is 10.8. The Morgan fingerprint density at radius 2 is 2.19 bits per heavy atom. The molecule has 0 unspecified atom stereocenters. The van der Waals surface area contributed by atoms with Crippen LogP contribution in [0.2, 0.25) is 5.02 Å². The quantitative estimate of drug-likeness (QED) is 0.674. The Bertz CT molecular complexity index is 377. The number of hydrogen-bond donors (Lipinski definition) is 1. The van der Waals surface area contributed by atoms with Gasteiger partial charge >= 0.3 is 0 Å². The van der Waals surface area contributed by atoms with Gasteiger partial charge in [-0.15, -0.1) is 12.4 Å². The molecule has 0 heterocycles. The molecule has 16 heavy (non-hydrogen) atoms. The molecule has 0 aromatic heterocycles. The van der Waals surface area contributed by atoms with E-state index in [1.165, 1.54) is 18.2 Å². The Morgan fingerprint density at radius 1 is 1.56 bits per heavy atom. The van der Waals surface area contributed by atoms with Crippen LogP contribution in [0.15, 0.2) is 18.2 Å². The van der Waals surface area contributed by atoms with Crippen LogP contribution >= 0.6 is 24.0 Å². The Labute approximate surface area is 103 Å². The number of hydrogen-bond acceptors (Lipinski definition) is 3. The second-order valence-electron chi connectivity index (χ2n) is 3.05. The van der Waals surface area contributed by atoms with Crippen LogP contribution in [0.1, 0.15) is 18.0 Å². The van der Waals surface area contributed by atoms with Crippen molar-refractivity contribution in [2.45, 2.75) is 12.5 Å². The zero-order valence-corrected chi connectivity index (χ0v) is 9.80. The Hall–Kier alpha value is -0.910. The van der Waals surface area contributed by atoms with E-state index in [9.17, 15) is 14.5 Å². The van der Waals surface area contributed by atoms with Gasteiger partial charge < -0.3 is 5.73 Å². The standard InChI is InChI=1S/C9H10ClFN2O2.ClH/c10-8-2-1-6(13(14)15)5-7(8)9(12)3-4-11;/h1-2,5,9H,3-4,12H2;1H/t9-;/m1./s1. The monoisotopic (exact) mass is 268 g/mol. The second kappa shape index (κ2) is 6.62. The van der Waals surface area contributed by atoms with Crippen LogP contribution in [0.3, 0.4) is 0 Å². The van der Waals surface area contributed by atoms with Crippen molar-refractivity contribution in [3.05, 3.63) is 38.9 Å². The first-order chi connectivity index (χ1) is 7.06. The van der Waals surface area contributed by atoms with Gasteiger partial charge in [0.1, 0.15) is 0 Å². The lowest BCUT2D eigenvalue weighted by Crippen LogP contribution is -2.11. The van der Waals surface area contributed by atoms with E-state index in [2.05, 4.69) is 0 Å². The van der Waals surface area contributed by atoms with Gasteiger partial charge in [0.2, 0.25) is 0 Å². The summed E-state index contributed by atoms with van der Waals surface area (Å²) in [6.07, 6.45) is 0.0981. The topological polar surface area (TPSA) is 69.2 Å². The van der Waals surface area contributed by atoms with Crippen LogP contribution in [0, 0.1) is 10.1 Å². The number of nitrogens with two attached hydrogens (primary N) is 1. The van der Waals surface area contributed by atoms with Gasteiger partial charge in [0, 0.05) is 23.2 Å². The number of benzene rings is 1. The Morgan fingerprint density at radius 3 is 2.69 bits per heavy atom.